The van der Waals surface area contributed by atoms with Gasteiger partial charge in [-0.05, 0) is 31.9 Å². The minimum absolute atomic E-state index is 0.232. The van der Waals surface area contributed by atoms with Gasteiger partial charge in [0.1, 0.15) is 11.5 Å². The summed E-state index contributed by atoms with van der Waals surface area (Å²) in [5.74, 6) is 0.0964. The Morgan fingerprint density at radius 3 is 2.19 bits per heavy atom. The van der Waals surface area contributed by atoms with Gasteiger partial charge in [-0.25, -0.2) is 4.79 Å². The summed E-state index contributed by atoms with van der Waals surface area (Å²) in [5, 5.41) is 2.79. The van der Waals surface area contributed by atoms with Crippen LogP contribution in [0.15, 0.2) is 18.2 Å². The van der Waals surface area contributed by atoms with Gasteiger partial charge in [0.05, 0.1) is 19.8 Å². The molecule has 1 aliphatic rings. The van der Waals surface area contributed by atoms with E-state index in [2.05, 4.69) is 5.32 Å². The lowest BCUT2D eigenvalue weighted by Gasteiger charge is -2.14. The van der Waals surface area contributed by atoms with E-state index in [4.69, 9.17) is 14.2 Å². The zero-order valence-electron chi connectivity index (χ0n) is 12.3. The number of hydrogen-bond donors (Lipinski definition) is 1. The molecule has 1 unspecified atom stereocenters. The minimum Gasteiger partial charge on any atom is -0.497 e. The highest BCUT2D eigenvalue weighted by atomic mass is 16.5. The molecule has 0 heterocycles. The van der Waals surface area contributed by atoms with Gasteiger partial charge in [-0.1, -0.05) is 0 Å². The molecule has 1 amide bonds. The normalized spacial score (nSPS) is 15.0. The Hall–Kier alpha value is -2.24. The monoisotopic (exact) mass is 293 g/mol. The second kappa shape index (κ2) is 6.47. The summed E-state index contributed by atoms with van der Waals surface area (Å²) < 4.78 is 15.4. The first-order chi connectivity index (χ1) is 10.0. The summed E-state index contributed by atoms with van der Waals surface area (Å²) in [6, 6.07) is 4.96. The van der Waals surface area contributed by atoms with Crippen LogP contribution in [-0.2, 0) is 9.53 Å². The molecule has 1 N–H and O–H groups in total. The molecule has 1 saturated carbocycles. The zero-order valence-corrected chi connectivity index (χ0v) is 12.3. The van der Waals surface area contributed by atoms with E-state index in [-0.39, 0.29) is 17.5 Å². The van der Waals surface area contributed by atoms with E-state index in [0.717, 1.165) is 12.8 Å². The van der Waals surface area contributed by atoms with Crippen molar-refractivity contribution in [2.75, 3.05) is 14.2 Å². The first kappa shape index (κ1) is 15.2. The summed E-state index contributed by atoms with van der Waals surface area (Å²) >= 11 is 0. The maximum atomic E-state index is 12.1. The molecule has 0 bridgehead atoms. The number of benzene rings is 1. The topological polar surface area (TPSA) is 73.9 Å². The van der Waals surface area contributed by atoms with Crippen LogP contribution < -0.4 is 14.8 Å². The van der Waals surface area contributed by atoms with E-state index in [9.17, 15) is 9.59 Å². The highest BCUT2D eigenvalue weighted by molar-refractivity contribution is 5.93. The smallest absolute Gasteiger partial charge is 0.339 e. The highest BCUT2D eigenvalue weighted by Crippen LogP contribution is 2.23. The molecule has 2 rings (SSSR count). The molecule has 1 atom stereocenters. The Morgan fingerprint density at radius 1 is 1.14 bits per heavy atom. The number of carbonyl (C=O) groups excluding carboxylic acids is 2. The average Bonchev–Trinajstić information content (AvgIpc) is 3.30. The van der Waals surface area contributed by atoms with Crippen LogP contribution in [0, 0.1) is 0 Å². The number of amides is 1. The van der Waals surface area contributed by atoms with Crippen molar-refractivity contribution in [1.82, 2.24) is 5.32 Å². The fraction of sp³-hybridized carbons (Fsp3) is 0.467. The summed E-state index contributed by atoms with van der Waals surface area (Å²) in [6.07, 6.45) is 1.13. The average molecular weight is 293 g/mol. The fourth-order valence-corrected chi connectivity index (χ4v) is 1.75. The lowest BCUT2D eigenvalue weighted by Crippen LogP contribution is -2.37. The molecule has 0 aliphatic heterocycles. The second-order valence-electron chi connectivity index (χ2n) is 4.93. The number of rotatable bonds is 6. The molecule has 6 heteroatoms. The van der Waals surface area contributed by atoms with Crippen LogP contribution in [-0.4, -0.2) is 38.2 Å². The van der Waals surface area contributed by atoms with Crippen LogP contribution in [0.4, 0.5) is 0 Å². The number of carbonyl (C=O) groups is 2. The summed E-state index contributed by atoms with van der Waals surface area (Å²) in [7, 11) is 2.99. The van der Waals surface area contributed by atoms with Crippen molar-refractivity contribution in [1.29, 1.82) is 0 Å². The Bertz CT molecular complexity index is 517. The van der Waals surface area contributed by atoms with Crippen molar-refractivity contribution in [3.8, 4) is 11.5 Å². The van der Waals surface area contributed by atoms with E-state index in [1.165, 1.54) is 26.4 Å². The lowest BCUT2D eigenvalue weighted by molar-refractivity contribution is -0.129. The SMILES string of the molecule is COc1cc(OC)cc(C(=O)OC(C)C(=O)NC2CC2)c1. The molecule has 1 aromatic rings. The van der Waals surface area contributed by atoms with Gasteiger partial charge in [-0.15, -0.1) is 0 Å². The first-order valence-corrected chi connectivity index (χ1v) is 6.78. The molecule has 0 saturated heterocycles. The largest absolute Gasteiger partial charge is 0.497 e. The Balaban J connectivity index is 2.02. The maximum Gasteiger partial charge on any atom is 0.339 e. The van der Waals surface area contributed by atoms with Gasteiger partial charge in [0.2, 0.25) is 0 Å². The molecule has 1 fully saturated rings. The molecule has 0 radical (unpaired) electrons. The summed E-state index contributed by atoms with van der Waals surface area (Å²) in [4.78, 5) is 23.9. The Labute approximate surface area is 123 Å². The lowest BCUT2D eigenvalue weighted by atomic mass is 10.2. The van der Waals surface area contributed by atoms with Crippen LogP contribution in [0.2, 0.25) is 0 Å². The van der Waals surface area contributed by atoms with E-state index in [1.54, 1.807) is 13.0 Å². The molecular formula is C15H19NO5. The van der Waals surface area contributed by atoms with E-state index < -0.39 is 12.1 Å². The number of esters is 1. The van der Waals surface area contributed by atoms with Gasteiger partial charge in [-0.2, -0.15) is 0 Å². The summed E-state index contributed by atoms with van der Waals surface area (Å²) in [6.45, 7) is 1.55. The third-order valence-electron chi connectivity index (χ3n) is 3.16. The van der Waals surface area contributed by atoms with Crippen LogP contribution in [0.1, 0.15) is 30.1 Å². The fourth-order valence-electron chi connectivity index (χ4n) is 1.75. The van der Waals surface area contributed by atoms with Crippen LogP contribution in [0.25, 0.3) is 0 Å². The molecule has 0 aromatic heterocycles. The van der Waals surface area contributed by atoms with Crippen LogP contribution in [0.3, 0.4) is 0 Å². The molecule has 1 aromatic carbocycles. The van der Waals surface area contributed by atoms with E-state index in [0.29, 0.717) is 11.5 Å². The minimum atomic E-state index is -0.838. The van der Waals surface area contributed by atoms with E-state index in [1.807, 2.05) is 0 Å². The van der Waals surface area contributed by atoms with Crippen LogP contribution in [0.5, 0.6) is 11.5 Å². The number of hydrogen-bond acceptors (Lipinski definition) is 5. The predicted octanol–water partition coefficient (Wildman–Crippen LogP) is 1.53. The maximum absolute atomic E-state index is 12.1. The van der Waals surface area contributed by atoms with Gasteiger partial charge >= 0.3 is 5.97 Å². The Morgan fingerprint density at radius 2 is 1.71 bits per heavy atom. The third-order valence-corrected chi connectivity index (χ3v) is 3.16. The van der Waals surface area contributed by atoms with Gasteiger partial charge in [-0.3, -0.25) is 4.79 Å². The van der Waals surface area contributed by atoms with Crippen molar-refractivity contribution in [2.24, 2.45) is 0 Å². The third kappa shape index (κ3) is 4.11. The number of nitrogens with one attached hydrogen (secondary N) is 1. The zero-order chi connectivity index (χ0) is 15.4. The molecule has 114 valence electrons. The van der Waals surface area contributed by atoms with Crippen LogP contribution >= 0.6 is 0 Å². The second-order valence-corrected chi connectivity index (χ2v) is 4.93. The number of ether oxygens (including phenoxy) is 3. The van der Waals surface area contributed by atoms with Crippen molar-refractivity contribution in [3.05, 3.63) is 23.8 Å². The van der Waals surface area contributed by atoms with Gasteiger partial charge in [0, 0.05) is 12.1 Å². The highest BCUT2D eigenvalue weighted by Gasteiger charge is 2.27. The van der Waals surface area contributed by atoms with Crippen molar-refractivity contribution in [3.63, 3.8) is 0 Å². The standard InChI is InChI=1S/C15H19NO5/c1-9(14(17)16-11-4-5-11)21-15(18)10-6-12(19-2)8-13(7-10)20-3/h6-9,11H,4-5H2,1-3H3,(H,16,17). The van der Waals surface area contributed by atoms with Crippen molar-refractivity contribution >= 4 is 11.9 Å². The molecule has 0 spiro atoms. The van der Waals surface area contributed by atoms with Gasteiger partial charge in [0.25, 0.3) is 5.91 Å². The van der Waals surface area contributed by atoms with Gasteiger partial charge in [0.15, 0.2) is 6.10 Å². The predicted molar refractivity (Wildman–Crippen MR) is 75.6 cm³/mol. The van der Waals surface area contributed by atoms with Crippen molar-refractivity contribution < 1.29 is 23.8 Å². The first-order valence-electron chi connectivity index (χ1n) is 6.78. The molecule has 1 aliphatic carbocycles. The molecule has 21 heavy (non-hydrogen) atoms. The molecule has 6 nitrogen and oxygen atoms in total. The van der Waals surface area contributed by atoms with Crippen molar-refractivity contribution in [2.45, 2.75) is 31.9 Å². The molecular weight excluding hydrogens is 274 g/mol. The van der Waals surface area contributed by atoms with Gasteiger partial charge < -0.3 is 19.5 Å². The number of methoxy groups -OCH3 is 2. The Kier molecular flexibility index (Phi) is 4.67. The summed E-state index contributed by atoms with van der Waals surface area (Å²) in [5.41, 5.74) is 0.275. The quantitative estimate of drug-likeness (QED) is 0.805. The van der Waals surface area contributed by atoms with E-state index >= 15 is 0 Å².